The lowest BCUT2D eigenvalue weighted by Crippen LogP contribution is -2.34. The molecule has 3 nitrogen and oxygen atoms in total. The van der Waals surface area contributed by atoms with Gasteiger partial charge in [0.1, 0.15) is 0 Å². The Morgan fingerprint density at radius 1 is 1.05 bits per heavy atom. The van der Waals surface area contributed by atoms with Crippen LogP contribution in [0, 0.1) is 17.8 Å². The molecule has 0 unspecified atom stereocenters. The quantitative estimate of drug-likeness (QED) is 0.875. The molecule has 0 fully saturated rings. The van der Waals surface area contributed by atoms with Gasteiger partial charge in [-0.2, -0.15) is 0 Å². The van der Waals surface area contributed by atoms with Gasteiger partial charge < -0.3 is 0 Å². The van der Waals surface area contributed by atoms with Crippen molar-refractivity contribution < 1.29 is 8.42 Å². The standard InChI is InChI=1S/C17H27NO2S/c1-12(2)17(13(3)4)11-18-21(19,20)16-9-8-14-6-5-7-15(14)10-16/h8-10,12-13,17-18H,5-7,11H2,1-4H3. The van der Waals surface area contributed by atoms with E-state index < -0.39 is 10.0 Å². The lowest BCUT2D eigenvalue weighted by molar-refractivity contribution is 0.289. The van der Waals surface area contributed by atoms with E-state index in [0.29, 0.717) is 29.2 Å². The molecule has 0 aliphatic heterocycles. The Labute approximate surface area is 129 Å². The minimum Gasteiger partial charge on any atom is -0.211 e. The second-order valence-corrected chi connectivity index (χ2v) is 8.55. The van der Waals surface area contributed by atoms with E-state index in [1.165, 1.54) is 11.1 Å². The Balaban J connectivity index is 2.11. The Bertz CT molecular complexity index is 583. The molecule has 0 saturated carbocycles. The number of hydrogen-bond acceptors (Lipinski definition) is 2. The maximum atomic E-state index is 12.5. The molecule has 2 rings (SSSR count). The van der Waals surface area contributed by atoms with Gasteiger partial charge in [-0.05, 0) is 60.3 Å². The van der Waals surface area contributed by atoms with Gasteiger partial charge in [0.2, 0.25) is 10.0 Å². The van der Waals surface area contributed by atoms with Crippen LogP contribution in [0.3, 0.4) is 0 Å². The number of sulfonamides is 1. The van der Waals surface area contributed by atoms with Crippen molar-refractivity contribution in [2.24, 2.45) is 17.8 Å². The summed E-state index contributed by atoms with van der Waals surface area (Å²) < 4.78 is 27.7. The van der Waals surface area contributed by atoms with Crippen LogP contribution in [-0.4, -0.2) is 15.0 Å². The highest BCUT2D eigenvalue weighted by molar-refractivity contribution is 7.89. The first kappa shape index (κ1) is 16.5. The molecule has 0 bridgehead atoms. The summed E-state index contributed by atoms with van der Waals surface area (Å²) in [6, 6.07) is 5.57. The smallest absolute Gasteiger partial charge is 0.211 e. The number of hydrogen-bond donors (Lipinski definition) is 1. The molecule has 1 N–H and O–H groups in total. The SMILES string of the molecule is CC(C)C(CNS(=O)(=O)c1ccc2c(c1)CCC2)C(C)C. The molecule has 1 aliphatic carbocycles. The second kappa shape index (κ2) is 6.49. The normalized spacial score (nSPS) is 15.2. The van der Waals surface area contributed by atoms with Crippen molar-refractivity contribution in [2.75, 3.05) is 6.54 Å². The van der Waals surface area contributed by atoms with Crippen molar-refractivity contribution in [1.82, 2.24) is 4.72 Å². The van der Waals surface area contributed by atoms with Gasteiger partial charge in [0, 0.05) is 6.54 Å². The van der Waals surface area contributed by atoms with E-state index in [1.807, 2.05) is 12.1 Å². The molecule has 118 valence electrons. The van der Waals surface area contributed by atoms with E-state index in [4.69, 9.17) is 0 Å². The lowest BCUT2D eigenvalue weighted by atomic mass is 9.86. The molecule has 0 radical (unpaired) electrons. The predicted octanol–water partition coefficient (Wildman–Crippen LogP) is 3.38. The van der Waals surface area contributed by atoms with Crippen molar-refractivity contribution in [3.05, 3.63) is 29.3 Å². The molecule has 0 amide bonds. The number of fused-ring (bicyclic) bond motifs is 1. The molecule has 4 heteroatoms. The maximum Gasteiger partial charge on any atom is 0.240 e. The zero-order valence-corrected chi connectivity index (χ0v) is 14.3. The minimum absolute atomic E-state index is 0.356. The zero-order valence-electron chi connectivity index (χ0n) is 13.5. The third kappa shape index (κ3) is 3.86. The largest absolute Gasteiger partial charge is 0.240 e. The molecule has 0 aromatic heterocycles. The first-order valence-electron chi connectivity index (χ1n) is 7.92. The van der Waals surface area contributed by atoms with Crippen LogP contribution in [0.15, 0.2) is 23.1 Å². The van der Waals surface area contributed by atoms with E-state index in [9.17, 15) is 8.42 Å². The Hall–Kier alpha value is -0.870. The Kier molecular flexibility index (Phi) is 5.10. The number of aryl methyl sites for hydroxylation is 2. The van der Waals surface area contributed by atoms with Crippen molar-refractivity contribution in [3.8, 4) is 0 Å². The van der Waals surface area contributed by atoms with E-state index in [0.717, 1.165) is 19.3 Å². The highest BCUT2D eigenvalue weighted by Crippen LogP contribution is 2.25. The summed E-state index contributed by atoms with van der Waals surface area (Å²) in [5, 5.41) is 0. The summed E-state index contributed by atoms with van der Waals surface area (Å²) in [4.78, 5) is 0.411. The average Bonchev–Trinajstić information content (AvgIpc) is 2.84. The third-order valence-corrected chi connectivity index (χ3v) is 6.02. The third-order valence-electron chi connectivity index (χ3n) is 4.60. The Morgan fingerprint density at radius 3 is 2.29 bits per heavy atom. The predicted molar refractivity (Wildman–Crippen MR) is 86.8 cm³/mol. The number of rotatable bonds is 6. The van der Waals surface area contributed by atoms with Gasteiger partial charge in [0.25, 0.3) is 0 Å². The van der Waals surface area contributed by atoms with Gasteiger partial charge in [0.15, 0.2) is 0 Å². The van der Waals surface area contributed by atoms with Gasteiger partial charge in [-0.1, -0.05) is 33.8 Å². The minimum atomic E-state index is -3.39. The lowest BCUT2D eigenvalue weighted by Gasteiger charge is -2.25. The van der Waals surface area contributed by atoms with Crippen molar-refractivity contribution in [2.45, 2.75) is 51.9 Å². The maximum absolute atomic E-state index is 12.5. The van der Waals surface area contributed by atoms with Crippen LogP contribution in [0.2, 0.25) is 0 Å². The van der Waals surface area contributed by atoms with Crippen LogP contribution >= 0.6 is 0 Å². The highest BCUT2D eigenvalue weighted by Gasteiger charge is 2.22. The first-order chi connectivity index (χ1) is 9.81. The summed E-state index contributed by atoms with van der Waals surface area (Å²) in [6.07, 6.45) is 3.21. The number of nitrogens with one attached hydrogen (secondary N) is 1. The van der Waals surface area contributed by atoms with Crippen molar-refractivity contribution in [3.63, 3.8) is 0 Å². The fourth-order valence-corrected chi connectivity index (χ4v) is 4.37. The van der Waals surface area contributed by atoms with Crippen LogP contribution < -0.4 is 4.72 Å². The van der Waals surface area contributed by atoms with E-state index >= 15 is 0 Å². The molecule has 21 heavy (non-hydrogen) atoms. The van der Waals surface area contributed by atoms with Crippen molar-refractivity contribution >= 4 is 10.0 Å². The van der Waals surface area contributed by atoms with Gasteiger partial charge >= 0.3 is 0 Å². The monoisotopic (exact) mass is 309 g/mol. The molecule has 1 aromatic carbocycles. The highest BCUT2D eigenvalue weighted by atomic mass is 32.2. The van der Waals surface area contributed by atoms with E-state index in [1.54, 1.807) is 6.07 Å². The fourth-order valence-electron chi connectivity index (χ4n) is 3.25. The van der Waals surface area contributed by atoms with E-state index in [-0.39, 0.29) is 0 Å². The summed E-state index contributed by atoms with van der Waals surface area (Å²) in [5.41, 5.74) is 2.50. The second-order valence-electron chi connectivity index (χ2n) is 6.79. The molecule has 0 heterocycles. The van der Waals surface area contributed by atoms with Crippen LogP contribution in [0.4, 0.5) is 0 Å². The molecule has 1 aliphatic rings. The summed E-state index contributed by atoms with van der Waals surface area (Å²) in [5.74, 6) is 1.29. The van der Waals surface area contributed by atoms with Gasteiger partial charge in [-0.25, -0.2) is 13.1 Å². The fraction of sp³-hybridized carbons (Fsp3) is 0.647. The van der Waals surface area contributed by atoms with Gasteiger partial charge in [-0.3, -0.25) is 0 Å². The number of benzene rings is 1. The molecule has 0 saturated heterocycles. The van der Waals surface area contributed by atoms with Crippen LogP contribution in [-0.2, 0) is 22.9 Å². The average molecular weight is 309 g/mol. The van der Waals surface area contributed by atoms with Gasteiger partial charge in [0.05, 0.1) is 4.90 Å². The van der Waals surface area contributed by atoms with Crippen LogP contribution in [0.1, 0.15) is 45.2 Å². The molecular formula is C17H27NO2S. The topological polar surface area (TPSA) is 46.2 Å². The molecule has 0 atom stereocenters. The molecule has 0 spiro atoms. The van der Waals surface area contributed by atoms with Gasteiger partial charge in [-0.15, -0.1) is 0 Å². The van der Waals surface area contributed by atoms with Crippen LogP contribution in [0.5, 0.6) is 0 Å². The van der Waals surface area contributed by atoms with Crippen LogP contribution in [0.25, 0.3) is 0 Å². The Morgan fingerprint density at radius 2 is 1.67 bits per heavy atom. The summed E-state index contributed by atoms with van der Waals surface area (Å²) in [6.45, 7) is 9.10. The van der Waals surface area contributed by atoms with Crippen molar-refractivity contribution in [1.29, 1.82) is 0 Å². The first-order valence-corrected chi connectivity index (χ1v) is 9.41. The molecule has 1 aromatic rings. The summed E-state index contributed by atoms with van der Waals surface area (Å²) in [7, 11) is -3.39. The molecular weight excluding hydrogens is 282 g/mol. The van der Waals surface area contributed by atoms with E-state index in [2.05, 4.69) is 32.4 Å². The summed E-state index contributed by atoms with van der Waals surface area (Å²) >= 11 is 0. The zero-order chi connectivity index (χ0) is 15.6.